The van der Waals surface area contributed by atoms with Crippen LogP contribution in [0.5, 0.6) is 0 Å². The summed E-state index contributed by atoms with van der Waals surface area (Å²) in [5.41, 5.74) is 1.84. The highest BCUT2D eigenvalue weighted by molar-refractivity contribution is 6.32. The minimum atomic E-state index is -0.620. The Kier molecular flexibility index (Phi) is 4.88. The average molecular weight is 364 g/mol. The van der Waals surface area contributed by atoms with Gasteiger partial charge in [0.25, 0.3) is 0 Å². The van der Waals surface area contributed by atoms with Crippen molar-refractivity contribution in [3.63, 3.8) is 0 Å². The zero-order chi connectivity index (χ0) is 18.1. The van der Waals surface area contributed by atoms with E-state index >= 15 is 0 Å². The van der Waals surface area contributed by atoms with Crippen molar-refractivity contribution in [2.45, 2.75) is 26.4 Å². The van der Waals surface area contributed by atoms with Gasteiger partial charge in [-0.1, -0.05) is 17.7 Å². The van der Waals surface area contributed by atoms with Gasteiger partial charge in [0.1, 0.15) is 17.2 Å². The van der Waals surface area contributed by atoms with E-state index in [-0.39, 0.29) is 6.04 Å². The van der Waals surface area contributed by atoms with Gasteiger partial charge in [-0.3, -0.25) is 0 Å². The van der Waals surface area contributed by atoms with E-state index in [1.54, 1.807) is 19.1 Å². The molecule has 1 N–H and O–H groups in total. The first kappa shape index (κ1) is 17.6. The smallest absolute Gasteiger partial charge is 0.336 e. The molecule has 3 aromatic rings. The van der Waals surface area contributed by atoms with Crippen LogP contribution in [0.15, 0.2) is 45.6 Å². The Morgan fingerprint density at radius 2 is 1.96 bits per heavy atom. The maximum Gasteiger partial charge on any atom is 0.336 e. The number of hydrogen-bond acceptors (Lipinski definition) is 3. The van der Waals surface area contributed by atoms with Gasteiger partial charge in [0.05, 0.1) is 0 Å². The molecule has 3 rings (SSSR count). The molecule has 130 valence electrons. The summed E-state index contributed by atoms with van der Waals surface area (Å²) in [5.74, 6) is -1.23. The number of benzene rings is 2. The summed E-state index contributed by atoms with van der Waals surface area (Å²) in [6.07, 6.45) is 0. The third-order valence-corrected chi connectivity index (χ3v) is 4.54. The van der Waals surface area contributed by atoms with Crippen LogP contribution in [0.1, 0.15) is 29.7 Å². The quantitative estimate of drug-likeness (QED) is 0.671. The van der Waals surface area contributed by atoms with Gasteiger partial charge in [0, 0.05) is 40.7 Å². The highest BCUT2D eigenvalue weighted by atomic mass is 35.5. The SMILES string of the molecule is Cc1cc2oc(=O)cc(CN[C@@H](C)c3ccc(F)cc3F)c2cc1Cl. The summed E-state index contributed by atoms with van der Waals surface area (Å²) in [7, 11) is 0. The summed E-state index contributed by atoms with van der Waals surface area (Å²) < 4.78 is 32.1. The van der Waals surface area contributed by atoms with E-state index in [1.165, 1.54) is 18.2 Å². The first-order valence-corrected chi connectivity index (χ1v) is 8.14. The highest BCUT2D eigenvalue weighted by Crippen LogP contribution is 2.26. The largest absolute Gasteiger partial charge is 0.423 e. The molecular formula is C19H16ClF2NO2. The van der Waals surface area contributed by atoms with Gasteiger partial charge >= 0.3 is 5.63 Å². The Labute approximate surface area is 148 Å². The van der Waals surface area contributed by atoms with Gasteiger partial charge in [0.2, 0.25) is 0 Å². The van der Waals surface area contributed by atoms with Gasteiger partial charge in [-0.2, -0.15) is 0 Å². The molecule has 0 aliphatic heterocycles. The molecule has 0 saturated heterocycles. The highest BCUT2D eigenvalue weighted by Gasteiger charge is 2.13. The zero-order valence-electron chi connectivity index (χ0n) is 13.7. The van der Waals surface area contributed by atoms with Crippen LogP contribution in [0.25, 0.3) is 11.0 Å². The minimum absolute atomic E-state index is 0.305. The molecule has 0 bridgehead atoms. The predicted molar refractivity (Wildman–Crippen MR) is 93.8 cm³/mol. The van der Waals surface area contributed by atoms with Crippen molar-refractivity contribution in [3.05, 3.63) is 80.2 Å². The van der Waals surface area contributed by atoms with Crippen LogP contribution in [0.4, 0.5) is 8.78 Å². The topological polar surface area (TPSA) is 42.2 Å². The molecule has 0 spiro atoms. The molecule has 6 heteroatoms. The third-order valence-electron chi connectivity index (χ3n) is 4.14. The van der Waals surface area contributed by atoms with Crippen LogP contribution in [-0.4, -0.2) is 0 Å². The van der Waals surface area contributed by atoms with Gasteiger partial charge in [-0.05, 0) is 43.2 Å². The lowest BCUT2D eigenvalue weighted by molar-refractivity contribution is 0.515. The van der Waals surface area contributed by atoms with Gasteiger partial charge in [0.15, 0.2) is 0 Å². The van der Waals surface area contributed by atoms with E-state index in [1.807, 2.05) is 6.92 Å². The maximum atomic E-state index is 13.9. The van der Waals surface area contributed by atoms with Crippen LogP contribution in [0, 0.1) is 18.6 Å². The van der Waals surface area contributed by atoms with E-state index in [0.29, 0.717) is 28.3 Å². The summed E-state index contributed by atoms with van der Waals surface area (Å²) in [6.45, 7) is 3.90. The predicted octanol–water partition coefficient (Wildman–Crippen LogP) is 4.88. The Balaban J connectivity index is 1.90. The van der Waals surface area contributed by atoms with Crippen molar-refractivity contribution in [3.8, 4) is 0 Å². The number of halogens is 3. The Morgan fingerprint density at radius 1 is 1.20 bits per heavy atom. The standard InChI is InChI=1S/C19H16ClF2NO2/c1-10-5-18-15(8-16(10)20)12(6-19(24)25-18)9-23-11(2)14-4-3-13(21)7-17(14)22/h3-8,11,23H,9H2,1-2H3/t11-/m0/s1. The van der Waals surface area contributed by atoms with Crippen LogP contribution in [0.2, 0.25) is 5.02 Å². The Bertz CT molecular complexity index is 1000. The number of rotatable bonds is 4. The molecule has 0 amide bonds. The first-order valence-electron chi connectivity index (χ1n) is 7.76. The number of aryl methyl sites for hydroxylation is 1. The van der Waals surface area contributed by atoms with Crippen LogP contribution in [-0.2, 0) is 6.54 Å². The monoisotopic (exact) mass is 363 g/mol. The van der Waals surface area contributed by atoms with Crippen LogP contribution in [0.3, 0.4) is 0 Å². The van der Waals surface area contributed by atoms with E-state index in [0.717, 1.165) is 17.0 Å². The molecular weight excluding hydrogens is 348 g/mol. The second-order valence-corrected chi connectivity index (χ2v) is 6.36. The van der Waals surface area contributed by atoms with Crippen molar-refractivity contribution >= 4 is 22.6 Å². The maximum absolute atomic E-state index is 13.9. The molecule has 0 radical (unpaired) electrons. The lowest BCUT2D eigenvalue weighted by Crippen LogP contribution is -2.20. The molecule has 0 unspecified atom stereocenters. The fraction of sp³-hybridized carbons (Fsp3) is 0.211. The molecule has 1 heterocycles. The zero-order valence-corrected chi connectivity index (χ0v) is 14.5. The lowest BCUT2D eigenvalue weighted by Gasteiger charge is -2.16. The number of fused-ring (bicyclic) bond motifs is 1. The first-order chi connectivity index (χ1) is 11.8. The molecule has 1 aromatic heterocycles. The Morgan fingerprint density at radius 3 is 2.68 bits per heavy atom. The van der Waals surface area contributed by atoms with Crippen molar-refractivity contribution in [2.24, 2.45) is 0 Å². The summed E-state index contributed by atoms with van der Waals surface area (Å²) in [5, 5.41) is 4.43. The van der Waals surface area contributed by atoms with Gasteiger partial charge in [-0.15, -0.1) is 0 Å². The molecule has 0 fully saturated rings. The van der Waals surface area contributed by atoms with Crippen LogP contribution < -0.4 is 10.9 Å². The molecule has 2 aromatic carbocycles. The summed E-state index contributed by atoms with van der Waals surface area (Å²) in [6, 6.07) is 7.94. The Hall–Kier alpha value is -2.24. The fourth-order valence-electron chi connectivity index (χ4n) is 2.72. The summed E-state index contributed by atoms with van der Waals surface area (Å²) >= 11 is 6.17. The summed E-state index contributed by atoms with van der Waals surface area (Å²) in [4.78, 5) is 11.8. The minimum Gasteiger partial charge on any atom is -0.423 e. The second-order valence-electron chi connectivity index (χ2n) is 5.96. The van der Waals surface area contributed by atoms with E-state index in [4.69, 9.17) is 16.0 Å². The van der Waals surface area contributed by atoms with Gasteiger partial charge in [-0.25, -0.2) is 13.6 Å². The average Bonchev–Trinajstić information content (AvgIpc) is 2.54. The number of hydrogen-bond donors (Lipinski definition) is 1. The molecule has 25 heavy (non-hydrogen) atoms. The number of nitrogens with one attached hydrogen (secondary N) is 1. The van der Waals surface area contributed by atoms with Crippen LogP contribution >= 0.6 is 11.6 Å². The fourth-order valence-corrected chi connectivity index (χ4v) is 2.88. The van der Waals surface area contributed by atoms with E-state index < -0.39 is 17.3 Å². The van der Waals surface area contributed by atoms with Gasteiger partial charge < -0.3 is 9.73 Å². The molecule has 3 nitrogen and oxygen atoms in total. The van der Waals surface area contributed by atoms with Crippen molar-refractivity contribution in [1.29, 1.82) is 0 Å². The van der Waals surface area contributed by atoms with E-state index in [2.05, 4.69) is 5.32 Å². The van der Waals surface area contributed by atoms with Crippen molar-refractivity contribution in [2.75, 3.05) is 0 Å². The van der Waals surface area contributed by atoms with Crippen molar-refractivity contribution in [1.82, 2.24) is 5.32 Å². The molecule has 0 saturated carbocycles. The molecule has 1 atom stereocenters. The lowest BCUT2D eigenvalue weighted by atomic mass is 10.1. The van der Waals surface area contributed by atoms with Crippen molar-refractivity contribution < 1.29 is 13.2 Å². The molecule has 0 aliphatic rings. The second kappa shape index (κ2) is 6.94. The third kappa shape index (κ3) is 3.72. The molecule has 0 aliphatic carbocycles. The normalized spacial score (nSPS) is 12.5. The van der Waals surface area contributed by atoms with E-state index in [9.17, 15) is 13.6 Å².